The van der Waals surface area contributed by atoms with Crippen LogP contribution in [0, 0.1) is 13.8 Å². The van der Waals surface area contributed by atoms with Crippen molar-refractivity contribution in [3.05, 3.63) is 33.9 Å². The van der Waals surface area contributed by atoms with Gasteiger partial charge in [0, 0.05) is 5.56 Å². The molecule has 1 aliphatic heterocycles. The zero-order valence-corrected chi connectivity index (χ0v) is 8.81. The van der Waals surface area contributed by atoms with Crippen LogP contribution in [-0.2, 0) is 18.0 Å². The highest BCUT2D eigenvalue weighted by Gasteiger charge is 2.19. The lowest BCUT2D eigenvalue weighted by atomic mass is 9.92. The smallest absolute Gasteiger partial charge is 0.160 e. The van der Waals surface area contributed by atoms with Crippen molar-refractivity contribution in [2.75, 3.05) is 0 Å². The predicted octanol–water partition coefficient (Wildman–Crippen LogP) is 2.54. The summed E-state index contributed by atoms with van der Waals surface area (Å²) in [5, 5.41) is 0. The minimum atomic E-state index is 0.148. The molecule has 2 rings (SSSR count). The van der Waals surface area contributed by atoms with Crippen LogP contribution in [0.15, 0.2) is 6.07 Å². The first-order chi connectivity index (χ1) is 6.61. The SMILES string of the molecule is CC(=O)c1c(C)cc2c(c1C)COC2. The molecule has 0 unspecified atom stereocenters. The maximum Gasteiger partial charge on any atom is 0.160 e. The van der Waals surface area contributed by atoms with E-state index < -0.39 is 0 Å². The molecule has 0 fully saturated rings. The summed E-state index contributed by atoms with van der Waals surface area (Å²) in [6, 6.07) is 2.08. The summed E-state index contributed by atoms with van der Waals surface area (Å²) in [6.07, 6.45) is 0. The van der Waals surface area contributed by atoms with Gasteiger partial charge in [-0.15, -0.1) is 0 Å². The van der Waals surface area contributed by atoms with Gasteiger partial charge in [-0.1, -0.05) is 6.07 Å². The Morgan fingerprint density at radius 3 is 2.71 bits per heavy atom. The number of rotatable bonds is 1. The van der Waals surface area contributed by atoms with E-state index in [0.717, 1.165) is 16.7 Å². The van der Waals surface area contributed by atoms with E-state index in [9.17, 15) is 4.79 Å². The first-order valence-electron chi connectivity index (χ1n) is 4.82. The van der Waals surface area contributed by atoms with Crippen LogP contribution in [0.3, 0.4) is 0 Å². The zero-order valence-electron chi connectivity index (χ0n) is 8.81. The lowest BCUT2D eigenvalue weighted by Crippen LogP contribution is -2.03. The molecule has 0 aromatic heterocycles. The topological polar surface area (TPSA) is 26.3 Å². The number of ether oxygens (including phenoxy) is 1. The summed E-state index contributed by atoms with van der Waals surface area (Å²) in [5.41, 5.74) is 5.49. The van der Waals surface area contributed by atoms with E-state index in [1.165, 1.54) is 11.1 Å². The summed E-state index contributed by atoms with van der Waals surface area (Å²) >= 11 is 0. The predicted molar refractivity (Wildman–Crippen MR) is 54.4 cm³/mol. The van der Waals surface area contributed by atoms with Crippen molar-refractivity contribution in [1.29, 1.82) is 0 Å². The van der Waals surface area contributed by atoms with Gasteiger partial charge in [0.15, 0.2) is 5.78 Å². The number of carbonyl (C=O) groups is 1. The molecule has 1 aromatic rings. The molecule has 0 aliphatic carbocycles. The molecule has 1 aromatic carbocycles. The number of benzene rings is 1. The Morgan fingerprint density at radius 1 is 1.36 bits per heavy atom. The Labute approximate surface area is 83.9 Å². The van der Waals surface area contributed by atoms with Crippen molar-refractivity contribution in [3.63, 3.8) is 0 Å². The second kappa shape index (κ2) is 3.21. The lowest BCUT2D eigenvalue weighted by Gasteiger charge is -2.10. The largest absolute Gasteiger partial charge is 0.372 e. The van der Waals surface area contributed by atoms with E-state index in [1.54, 1.807) is 6.92 Å². The summed E-state index contributed by atoms with van der Waals surface area (Å²) in [4.78, 5) is 11.4. The van der Waals surface area contributed by atoms with Crippen LogP contribution in [0.4, 0.5) is 0 Å². The van der Waals surface area contributed by atoms with Gasteiger partial charge < -0.3 is 4.74 Å². The van der Waals surface area contributed by atoms with Gasteiger partial charge in [-0.05, 0) is 43.0 Å². The Morgan fingerprint density at radius 2 is 2.07 bits per heavy atom. The van der Waals surface area contributed by atoms with Gasteiger partial charge in [0.05, 0.1) is 13.2 Å². The second-order valence-electron chi connectivity index (χ2n) is 3.88. The number of Topliss-reactive ketones (excluding diaryl/α,β-unsaturated/α-hetero) is 1. The molecule has 0 saturated heterocycles. The number of hydrogen-bond acceptors (Lipinski definition) is 2. The zero-order chi connectivity index (χ0) is 10.3. The molecule has 0 spiro atoms. The molecule has 0 bridgehead atoms. The van der Waals surface area contributed by atoms with Crippen molar-refractivity contribution < 1.29 is 9.53 Å². The van der Waals surface area contributed by atoms with Gasteiger partial charge in [-0.2, -0.15) is 0 Å². The Bertz CT molecular complexity index is 405. The number of ketones is 1. The van der Waals surface area contributed by atoms with Crippen molar-refractivity contribution >= 4 is 5.78 Å². The minimum absolute atomic E-state index is 0.148. The fourth-order valence-corrected chi connectivity index (χ4v) is 2.24. The molecule has 1 heterocycles. The molecule has 2 nitrogen and oxygen atoms in total. The summed E-state index contributed by atoms with van der Waals surface area (Å²) < 4.78 is 5.37. The first kappa shape index (κ1) is 9.41. The minimum Gasteiger partial charge on any atom is -0.372 e. The fraction of sp³-hybridized carbons (Fsp3) is 0.417. The highest BCUT2D eigenvalue weighted by atomic mass is 16.5. The van der Waals surface area contributed by atoms with Crippen LogP contribution in [0.2, 0.25) is 0 Å². The first-order valence-corrected chi connectivity index (χ1v) is 4.82. The van der Waals surface area contributed by atoms with Crippen LogP contribution < -0.4 is 0 Å². The summed E-state index contributed by atoms with van der Waals surface area (Å²) in [6.45, 7) is 6.97. The van der Waals surface area contributed by atoms with Crippen molar-refractivity contribution in [2.45, 2.75) is 34.0 Å². The number of hydrogen-bond donors (Lipinski definition) is 0. The maximum atomic E-state index is 11.4. The van der Waals surface area contributed by atoms with Crippen LogP contribution >= 0.6 is 0 Å². The summed E-state index contributed by atoms with van der Waals surface area (Å²) in [5.74, 6) is 0.148. The lowest BCUT2D eigenvalue weighted by molar-refractivity contribution is 0.101. The Kier molecular flexibility index (Phi) is 2.16. The third-order valence-electron chi connectivity index (χ3n) is 2.86. The highest BCUT2D eigenvalue weighted by molar-refractivity contribution is 5.97. The third-order valence-corrected chi connectivity index (χ3v) is 2.86. The summed E-state index contributed by atoms with van der Waals surface area (Å²) in [7, 11) is 0. The van der Waals surface area contributed by atoms with Crippen LogP contribution in [0.1, 0.15) is 39.5 Å². The van der Waals surface area contributed by atoms with Gasteiger partial charge in [0.1, 0.15) is 0 Å². The molecule has 0 N–H and O–H groups in total. The molecule has 0 saturated carbocycles. The van der Waals surface area contributed by atoms with Crippen LogP contribution in [0.5, 0.6) is 0 Å². The average Bonchev–Trinajstić information content (AvgIpc) is 2.50. The van der Waals surface area contributed by atoms with E-state index in [4.69, 9.17) is 4.74 Å². The fourth-order valence-electron chi connectivity index (χ4n) is 2.24. The van der Waals surface area contributed by atoms with Gasteiger partial charge in [0.25, 0.3) is 0 Å². The van der Waals surface area contributed by atoms with Crippen LogP contribution in [0.25, 0.3) is 0 Å². The van der Waals surface area contributed by atoms with Gasteiger partial charge in [-0.25, -0.2) is 0 Å². The van der Waals surface area contributed by atoms with Crippen molar-refractivity contribution in [1.82, 2.24) is 0 Å². The molecule has 14 heavy (non-hydrogen) atoms. The van der Waals surface area contributed by atoms with E-state index in [0.29, 0.717) is 13.2 Å². The van der Waals surface area contributed by atoms with E-state index in [-0.39, 0.29) is 5.78 Å². The standard InChI is InChI=1S/C12H14O2/c1-7-4-10-5-14-6-11(10)8(2)12(7)9(3)13/h4H,5-6H2,1-3H3. The molecular formula is C12H14O2. The molecule has 1 aliphatic rings. The number of carbonyl (C=O) groups excluding carboxylic acids is 1. The normalized spacial score (nSPS) is 14.2. The average molecular weight is 190 g/mol. The molecule has 0 amide bonds. The van der Waals surface area contributed by atoms with E-state index in [1.807, 2.05) is 13.8 Å². The van der Waals surface area contributed by atoms with Crippen molar-refractivity contribution in [3.8, 4) is 0 Å². The molecule has 0 radical (unpaired) electrons. The molecule has 74 valence electrons. The maximum absolute atomic E-state index is 11.4. The van der Waals surface area contributed by atoms with Crippen molar-refractivity contribution in [2.24, 2.45) is 0 Å². The highest BCUT2D eigenvalue weighted by Crippen LogP contribution is 2.28. The monoisotopic (exact) mass is 190 g/mol. The third kappa shape index (κ3) is 1.26. The van der Waals surface area contributed by atoms with Gasteiger partial charge in [0.2, 0.25) is 0 Å². The van der Waals surface area contributed by atoms with Crippen LogP contribution in [-0.4, -0.2) is 5.78 Å². The molecule has 0 atom stereocenters. The van der Waals surface area contributed by atoms with E-state index >= 15 is 0 Å². The van der Waals surface area contributed by atoms with Gasteiger partial charge in [-0.3, -0.25) is 4.79 Å². The van der Waals surface area contributed by atoms with E-state index in [2.05, 4.69) is 6.07 Å². The Hall–Kier alpha value is -1.15. The Balaban J connectivity index is 2.68. The number of aryl methyl sites for hydroxylation is 1. The second-order valence-corrected chi connectivity index (χ2v) is 3.88. The van der Waals surface area contributed by atoms with Gasteiger partial charge >= 0.3 is 0 Å². The number of fused-ring (bicyclic) bond motifs is 1. The quantitative estimate of drug-likeness (QED) is 0.636. The molecule has 2 heteroatoms. The molecular weight excluding hydrogens is 176 g/mol.